The number of alkyl halides is 3. The highest BCUT2D eigenvalue weighted by Gasteiger charge is 2.34. The van der Waals surface area contributed by atoms with Gasteiger partial charge in [0.05, 0.1) is 11.4 Å². The molecule has 9 heteroatoms. The Kier molecular flexibility index (Phi) is 4.25. The van der Waals surface area contributed by atoms with Crippen LogP contribution in [0.3, 0.4) is 0 Å². The van der Waals surface area contributed by atoms with Gasteiger partial charge in [-0.3, -0.25) is 9.78 Å². The fourth-order valence-electron chi connectivity index (χ4n) is 1.67. The standard InChI is InChI=1S/C13H11F3N4O2/c1-20(7-11(21)22)12-18-9(8-4-2-3-5-17-8)6-10(19-12)13(14,15)16/h2-6H,7H2,1H3,(H,21,22). The first-order valence-electron chi connectivity index (χ1n) is 6.08. The first kappa shape index (κ1) is 15.7. The number of carbonyl (C=O) groups is 1. The normalized spacial score (nSPS) is 11.3. The van der Waals surface area contributed by atoms with Gasteiger partial charge in [-0.25, -0.2) is 9.97 Å². The molecular formula is C13H11F3N4O2. The Morgan fingerprint density at radius 1 is 1.27 bits per heavy atom. The molecule has 0 saturated carbocycles. The zero-order valence-electron chi connectivity index (χ0n) is 11.4. The third kappa shape index (κ3) is 3.68. The van der Waals surface area contributed by atoms with Crippen LogP contribution in [0.2, 0.25) is 0 Å². The predicted octanol–water partition coefficient (Wildman–Crippen LogP) is 2.08. The van der Waals surface area contributed by atoms with Gasteiger partial charge in [0.2, 0.25) is 5.95 Å². The van der Waals surface area contributed by atoms with Gasteiger partial charge in [0.1, 0.15) is 6.54 Å². The van der Waals surface area contributed by atoms with E-state index >= 15 is 0 Å². The summed E-state index contributed by atoms with van der Waals surface area (Å²) in [7, 11) is 1.30. The fraction of sp³-hybridized carbons (Fsp3) is 0.231. The van der Waals surface area contributed by atoms with Crippen molar-refractivity contribution >= 4 is 11.9 Å². The van der Waals surface area contributed by atoms with E-state index in [1.54, 1.807) is 12.1 Å². The number of aliphatic carboxylic acids is 1. The molecule has 0 amide bonds. The summed E-state index contributed by atoms with van der Waals surface area (Å²) in [5.74, 6) is -1.54. The van der Waals surface area contributed by atoms with Gasteiger partial charge in [0.25, 0.3) is 0 Å². The predicted molar refractivity (Wildman–Crippen MR) is 71.2 cm³/mol. The lowest BCUT2D eigenvalue weighted by molar-refractivity contribution is -0.141. The Labute approximate surface area is 123 Å². The van der Waals surface area contributed by atoms with E-state index in [1.807, 2.05) is 0 Å². The molecule has 1 N–H and O–H groups in total. The van der Waals surface area contributed by atoms with Crippen molar-refractivity contribution in [1.29, 1.82) is 0 Å². The molecule has 0 saturated heterocycles. The van der Waals surface area contributed by atoms with Crippen molar-refractivity contribution in [2.75, 3.05) is 18.5 Å². The summed E-state index contributed by atoms with van der Waals surface area (Å²) in [6.07, 6.45) is -3.25. The molecule has 6 nitrogen and oxygen atoms in total. The summed E-state index contributed by atoms with van der Waals surface area (Å²) in [5.41, 5.74) is -0.953. The van der Waals surface area contributed by atoms with E-state index < -0.39 is 24.4 Å². The zero-order valence-corrected chi connectivity index (χ0v) is 11.4. The average Bonchev–Trinajstić information content (AvgIpc) is 2.46. The fourth-order valence-corrected chi connectivity index (χ4v) is 1.67. The van der Waals surface area contributed by atoms with Gasteiger partial charge in [0.15, 0.2) is 5.69 Å². The average molecular weight is 312 g/mol. The van der Waals surface area contributed by atoms with E-state index in [-0.39, 0.29) is 17.3 Å². The van der Waals surface area contributed by atoms with Crippen LogP contribution < -0.4 is 4.90 Å². The second-order valence-electron chi connectivity index (χ2n) is 4.40. The number of carboxylic acids is 1. The minimum atomic E-state index is -4.68. The minimum Gasteiger partial charge on any atom is -0.480 e. The number of pyridine rings is 1. The van der Waals surface area contributed by atoms with Crippen LogP contribution in [0.5, 0.6) is 0 Å². The number of hydrogen-bond acceptors (Lipinski definition) is 5. The van der Waals surface area contributed by atoms with Crippen LogP contribution >= 0.6 is 0 Å². The van der Waals surface area contributed by atoms with Crippen LogP contribution in [-0.2, 0) is 11.0 Å². The molecule has 2 heterocycles. The van der Waals surface area contributed by atoms with Crippen LogP contribution in [0.25, 0.3) is 11.4 Å². The maximum absolute atomic E-state index is 12.9. The third-order valence-electron chi connectivity index (χ3n) is 2.65. The highest BCUT2D eigenvalue weighted by molar-refractivity contribution is 5.72. The molecule has 2 aromatic heterocycles. The summed E-state index contributed by atoms with van der Waals surface area (Å²) >= 11 is 0. The van der Waals surface area contributed by atoms with Crippen molar-refractivity contribution in [1.82, 2.24) is 15.0 Å². The SMILES string of the molecule is CN(CC(=O)O)c1nc(-c2ccccn2)cc(C(F)(F)F)n1. The summed E-state index contributed by atoms with van der Waals surface area (Å²) in [6, 6.07) is 5.51. The number of likely N-dealkylation sites (N-methyl/N-ethyl adjacent to an activating group) is 1. The van der Waals surface area contributed by atoms with Crippen LogP contribution in [0.4, 0.5) is 19.1 Å². The Morgan fingerprint density at radius 2 is 2.00 bits per heavy atom. The highest BCUT2D eigenvalue weighted by atomic mass is 19.4. The minimum absolute atomic E-state index is 0.0323. The van der Waals surface area contributed by atoms with Crippen molar-refractivity contribution in [3.05, 3.63) is 36.2 Å². The van der Waals surface area contributed by atoms with Crippen molar-refractivity contribution in [2.24, 2.45) is 0 Å². The van der Waals surface area contributed by atoms with Crippen molar-refractivity contribution in [3.8, 4) is 11.4 Å². The van der Waals surface area contributed by atoms with Crippen LogP contribution in [0.15, 0.2) is 30.5 Å². The topological polar surface area (TPSA) is 79.2 Å². The van der Waals surface area contributed by atoms with Crippen LogP contribution in [0, 0.1) is 0 Å². The van der Waals surface area contributed by atoms with Gasteiger partial charge >= 0.3 is 12.1 Å². The van der Waals surface area contributed by atoms with Gasteiger partial charge in [-0.15, -0.1) is 0 Å². The van der Waals surface area contributed by atoms with Crippen molar-refractivity contribution < 1.29 is 23.1 Å². The Hall–Kier alpha value is -2.71. The maximum Gasteiger partial charge on any atom is 0.433 e. The molecule has 0 aliphatic rings. The van der Waals surface area contributed by atoms with E-state index in [0.717, 1.165) is 11.0 Å². The van der Waals surface area contributed by atoms with E-state index in [9.17, 15) is 18.0 Å². The molecule has 22 heavy (non-hydrogen) atoms. The van der Waals surface area contributed by atoms with Gasteiger partial charge in [0, 0.05) is 13.2 Å². The van der Waals surface area contributed by atoms with Gasteiger partial charge in [-0.05, 0) is 18.2 Å². The molecule has 0 aromatic carbocycles. The maximum atomic E-state index is 12.9. The first-order valence-corrected chi connectivity index (χ1v) is 6.08. The molecule has 2 rings (SSSR count). The van der Waals surface area contributed by atoms with Gasteiger partial charge < -0.3 is 10.0 Å². The number of rotatable bonds is 4. The summed E-state index contributed by atoms with van der Waals surface area (Å²) in [4.78, 5) is 23.0. The molecule has 116 valence electrons. The second-order valence-corrected chi connectivity index (χ2v) is 4.40. The molecule has 0 unspecified atom stereocenters. The lowest BCUT2D eigenvalue weighted by Crippen LogP contribution is -2.28. The summed E-state index contributed by atoms with van der Waals surface area (Å²) < 4.78 is 38.8. The molecule has 0 fully saturated rings. The van der Waals surface area contributed by atoms with Crippen LogP contribution in [0.1, 0.15) is 5.69 Å². The molecule has 0 aliphatic carbocycles. The second kappa shape index (κ2) is 5.96. The van der Waals surface area contributed by atoms with E-state index in [0.29, 0.717) is 0 Å². The molecule has 0 spiro atoms. The quantitative estimate of drug-likeness (QED) is 0.931. The monoisotopic (exact) mass is 312 g/mol. The highest BCUT2D eigenvalue weighted by Crippen LogP contribution is 2.31. The van der Waals surface area contributed by atoms with Crippen molar-refractivity contribution in [3.63, 3.8) is 0 Å². The smallest absolute Gasteiger partial charge is 0.433 e. The van der Waals surface area contributed by atoms with E-state index in [2.05, 4.69) is 15.0 Å². The number of nitrogens with zero attached hydrogens (tertiary/aromatic N) is 4. The lowest BCUT2D eigenvalue weighted by Gasteiger charge is -2.17. The molecule has 0 aliphatic heterocycles. The summed E-state index contributed by atoms with van der Waals surface area (Å²) in [5, 5.41) is 8.73. The van der Waals surface area contributed by atoms with Gasteiger partial charge in [-0.1, -0.05) is 6.07 Å². The van der Waals surface area contributed by atoms with E-state index in [4.69, 9.17) is 5.11 Å². The van der Waals surface area contributed by atoms with Crippen LogP contribution in [-0.4, -0.2) is 39.6 Å². The molecule has 0 radical (unpaired) electrons. The Balaban J connectivity index is 2.53. The largest absolute Gasteiger partial charge is 0.480 e. The third-order valence-corrected chi connectivity index (χ3v) is 2.65. The van der Waals surface area contributed by atoms with Gasteiger partial charge in [-0.2, -0.15) is 13.2 Å². The lowest BCUT2D eigenvalue weighted by atomic mass is 10.2. The number of anilines is 1. The number of halogens is 3. The summed E-state index contributed by atoms with van der Waals surface area (Å²) in [6.45, 7) is -0.525. The number of carboxylic acid groups (broad SMARTS) is 1. The molecule has 2 aromatic rings. The number of hydrogen-bond donors (Lipinski definition) is 1. The molecule has 0 atom stereocenters. The Morgan fingerprint density at radius 3 is 2.55 bits per heavy atom. The Bertz CT molecular complexity index is 677. The van der Waals surface area contributed by atoms with Crippen molar-refractivity contribution in [2.45, 2.75) is 6.18 Å². The molecular weight excluding hydrogens is 301 g/mol. The first-order chi connectivity index (χ1) is 10.3. The molecule has 0 bridgehead atoms. The zero-order chi connectivity index (χ0) is 16.3. The van der Waals surface area contributed by atoms with E-state index in [1.165, 1.54) is 19.3 Å². The number of aromatic nitrogens is 3.